The van der Waals surface area contributed by atoms with Crippen LogP contribution in [0, 0.1) is 5.92 Å². The molecule has 1 heterocycles. The average molecular weight is 212 g/mol. The summed E-state index contributed by atoms with van der Waals surface area (Å²) in [7, 11) is 0. The molecule has 0 aliphatic carbocycles. The lowest BCUT2D eigenvalue weighted by Gasteiger charge is -2.29. The molecule has 0 saturated carbocycles. The molecule has 0 amide bonds. The highest BCUT2D eigenvalue weighted by molar-refractivity contribution is 4.84. The van der Waals surface area contributed by atoms with Gasteiger partial charge in [-0.2, -0.15) is 0 Å². The molecular weight excluding hydrogens is 184 g/mol. The molecule has 1 aliphatic rings. The third-order valence-corrected chi connectivity index (χ3v) is 4.13. The van der Waals surface area contributed by atoms with Gasteiger partial charge in [-0.05, 0) is 51.6 Å². The molecule has 15 heavy (non-hydrogen) atoms. The Morgan fingerprint density at radius 2 is 2.07 bits per heavy atom. The minimum Gasteiger partial charge on any atom is -0.330 e. The van der Waals surface area contributed by atoms with Crippen molar-refractivity contribution in [3.8, 4) is 0 Å². The van der Waals surface area contributed by atoms with E-state index in [1.54, 1.807) is 0 Å². The van der Waals surface area contributed by atoms with Crippen molar-refractivity contribution in [2.45, 2.75) is 65.0 Å². The lowest BCUT2D eigenvalue weighted by molar-refractivity contribution is 0.184. The van der Waals surface area contributed by atoms with Gasteiger partial charge in [0.05, 0.1) is 0 Å². The predicted molar refractivity (Wildman–Crippen MR) is 66.9 cm³/mol. The Labute approximate surface area is 95.2 Å². The van der Waals surface area contributed by atoms with Crippen LogP contribution >= 0.6 is 0 Å². The summed E-state index contributed by atoms with van der Waals surface area (Å²) < 4.78 is 0. The second kappa shape index (κ2) is 6.49. The topological polar surface area (TPSA) is 29.3 Å². The van der Waals surface area contributed by atoms with Crippen molar-refractivity contribution in [2.24, 2.45) is 11.7 Å². The van der Waals surface area contributed by atoms with Gasteiger partial charge in [0.1, 0.15) is 0 Å². The Morgan fingerprint density at radius 1 is 1.33 bits per heavy atom. The summed E-state index contributed by atoms with van der Waals surface area (Å²) in [5.74, 6) is 0.732. The fourth-order valence-electron chi connectivity index (χ4n) is 2.79. The van der Waals surface area contributed by atoms with Gasteiger partial charge in [0, 0.05) is 12.1 Å². The lowest BCUT2D eigenvalue weighted by atomic mass is 10.0. The molecule has 2 N–H and O–H groups in total. The van der Waals surface area contributed by atoms with Gasteiger partial charge in [0.15, 0.2) is 0 Å². The number of hydrogen-bond acceptors (Lipinski definition) is 2. The Bertz CT molecular complexity index is 166. The van der Waals surface area contributed by atoms with Crippen molar-refractivity contribution in [3.05, 3.63) is 0 Å². The molecular formula is C13H28N2. The zero-order chi connectivity index (χ0) is 11.3. The molecule has 1 rings (SSSR count). The van der Waals surface area contributed by atoms with Gasteiger partial charge in [-0.15, -0.1) is 0 Å². The Balaban J connectivity index is 2.35. The van der Waals surface area contributed by atoms with Crippen molar-refractivity contribution >= 4 is 0 Å². The normalized spacial score (nSPS) is 29.6. The number of nitrogens with two attached hydrogens (primary N) is 1. The smallest absolute Gasteiger partial charge is 0.00960 e. The summed E-state index contributed by atoms with van der Waals surface area (Å²) in [6, 6.07) is 1.64. The number of likely N-dealkylation sites (tertiary alicyclic amines) is 1. The zero-order valence-corrected chi connectivity index (χ0v) is 10.7. The number of rotatable bonds is 6. The molecule has 0 aromatic heterocycles. The second-order valence-corrected chi connectivity index (χ2v) is 5.02. The van der Waals surface area contributed by atoms with Crippen molar-refractivity contribution < 1.29 is 0 Å². The van der Waals surface area contributed by atoms with Crippen LogP contribution < -0.4 is 5.73 Å². The largest absolute Gasteiger partial charge is 0.330 e. The summed E-state index contributed by atoms with van der Waals surface area (Å²) >= 11 is 0. The monoisotopic (exact) mass is 212 g/mol. The van der Waals surface area contributed by atoms with Crippen LogP contribution in [-0.4, -0.2) is 30.1 Å². The molecule has 1 fully saturated rings. The highest BCUT2D eigenvalue weighted by atomic mass is 15.2. The van der Waals surface area contributed by atoms with Crippen LogP contribution in [0.5, 0.6) is 0 Å². The molecule has 2 heteroatoms. The summed E-state index contributed by atoms with van der Waals surface area (Å²) in [6.45, 7) is 9.06. The van der Waals surface area contributed by atoms with E-state index in [0.717, 1.165) is 24.5 Å². The molecule has 2 nitrogen and oxygen atoms in total. The molecule has 3 unspecified atom stereocenters. The predicted octanol–water partition coefficient (Wildman–Crippen LogP) is 2.62. The van der Waals surface area contributed by atoms with E-state index < -0.39 is 0 Å². The first-order chi connectivity index (χ1) is 7.22. The van der Waals surface area contributed by atoms with Gasteiger partial charge < -0.3 is 5.73 Å². The van der Waals surface area contributed by atoms with Gasteiger partial charge in [-0.1, -0.05) is 20.3 Å². The van der Waals surface area contributed by atoms with Gasteiger partial charge in [-0.3, -0.25) is 4.90 Å². The third-order valence-electron chi connectivity index (χ3n) is 4.13. The van der Waals surface area contributed by atoms with Gasteiger partial charge in [0.25, 0.3) is 0 Å². The van der Waals surface area contributed by atoms with Crippen LogP contribution in [0.1, 0.15) is 52.9 Å². The maximum absolute atomic E-state index is 5.75. The van der Waals surface area contributed by atoms with E-state index in [4.69, 9.17) is 5.73 Å². The minimum atomic E-state index is 0.732. The fourth-order valence-corrected chi connectivity index (χ4v) is 2.79. The molecule has 0 bridgehead atoms. The number of hydrogen-bond donors (Lipinski definition) is 1. The zero-order valence-electron chi connectivity index (χ0n) is 10.7. The van der Waals surface area contributed by atoms with Crippen molar-refractivity contribution in [2.75, 3.05) is 13.1 Å². The van der Waals surface area contributed by atoms with Crippen LogP contribution in [0.15, 0.2) is 0 Å². The van der Waals surface area contributed by atoms with Crippen molar-refractivity contribution in [1.82, 2.24) is 4.90 Å². The van der Waals surface area contributed by atoms with Crippen LogP contribution in [0.4, 0.5) is 0 Å². The molecule has 0 spiro atoms. The number of nitrogens with zero attached hydrogens (tertiary/aromatic N) is 1. The van der Waals surface area contributed by atoms with E-state index in [1.807, 2.05) is 0 Å². The van der Waals surface area contributed by atoms with Gasteiger partial charge in [0.2, 0.25) is 0 Å². The second-order valence-electron chi connectivity index (χ2n) is 5.02. The first-order valence-electron chi connectivity index (χ1n) is 6.68. The Hall–Kier alpha value is -0.0800. The molecule has 1 saturated heterocycles. The summed E-state index contributed by atoms with van der Waals surface area (Å²) in [5.41, 5.74) is 5.75. The maximum atomic E-state index is 5.75. The molecule has 1 aliphatic heterocycles. The van der Waals surface area contributed by atoms with Crippen LogP contribution in [0.2, 0.25) is 0 Å². The summed E-state index contributed by atoms with van der Waals surface area (Å²) in [4.78, 5) is 2.71. The first kappa shape index (κ1) is 13.0. The maximum Gasteiger partial charge on any atom is 0.00960 e. The fraction of sp³-hybridized carbons (Fsp3) is 1.00. The lowest BCUT2D eigenvalue weighted by Crippen LogP contribution is -2.36. The third kappa shape index (κ3) is 3.46. The molecule has 0 radical (unpaired) electrons. The van der Waals surface area contributed by atoms with Gasteiger partial charge in [-0.25, -0.2) is 0 Å². The van der Waals surface area contributed by atoms with E-state index in [2.05, 4.69) is 25.7 Å². The molecule has 90 valence electrons. The van der Waals surface area contributed by atoms with Crippen LogP contribution in [-0.2, 0) is 0 Å². The van der Waals surface area contributed by atoms with Crippen LogP contribution in [0.3, 0.4) is 0 Å². The highest BCUT2D eigenvalue weighted by Crippen LogP contribution is 2.26. The first-order valence-corrected chi connectivity index (χ1v) is 6.68. The van der Waals surface area contributed by atoms with E-state index in [1.165, 1.54) is 38.6 Å². The van der Waals surface area contributed by atoms with E-state index in [-0.39, 0.29) is 0 Å². The average Bonchev–Trinajstić information content (AvgIpc) is 2.61. The van der Waals surface area contributed by atoms with Gasteiger partial charge >= 0.3 is 0 Å². The quantitative estimate of drug-likeness (QED) is 0.733. The van der Waals surface area contributed by atoms with Crippen molar-refractivity contribution in [3.63, 3.8) is 0 Å². The van der Waals surface area contributed by atoms with E-state index in [9.17, 15) is 0 Å². The highest BCUT2D eigenvalue weighted by Gasteiger charge is 2.28. The molecule has 0 aromatic rings. The SMILES string of the molecule is CCC(CN)CCN1C(C)CCC1CC. The molecule has 3 atom stereocenters. The van der Waals surface area contributed by atoms with Crippen molar-refractivity contribution in [1.29, 1.82) is 0 Å². The minimum absolute atomic E-state index is 0.732. The Kier molecular flexibility index (Phi) is 5.62. The Morgan fingerprint density at radius 3 is 2.60 bits per heavy atom. The van der Waals surface area contributed by atoms with E-state index in [0.29, 0.717) is 0 Å². The summed E-state index contributed by atoms with van der Waals surface area (Å²) in [5, 5.41) is 0. The summed E-state index contributed by atoms with van der Waals surface area (Å²) in [6.07, 6.45) is 6.61. The molecule has 0 aromatic carbocycles. The van der Waals surface area contributed by atoms with E-state index >= 15 is 0 Å². The standard InChI is InChI=1S/C13H28N2/c1-4-12(10-14)8-9-15-11(3)6-7-13(15)5-2/h11-13H,4-10,14H2,1-3H3. The van der Waals surface area contributed by atoms with Crippen LogP contribution in [0.25, 0.3) is 0 Å².